The Bertz CT molecular complexity index is 765. The van der Waals surface area contributed by atoms with Crippen molar-refractivity contribution in [3.05, 3.63) is 65.7 Å². The minimum Gasteiger partial charge on any atom is -0.296 e. The van der Waals surface area contributed by atoms with Gasteiger partial charge in [0, 0.05) is 32.7 Å². The molecule has 1 aliphatic rings. The zero-order valence-electron chi connectivity index (χ0n) is 14.8. The van der Waals surface area contributed by atoms with Crippen molar-refractivity contribution in [1.82, 2.24) is 9.21 Å². The number of hydrogen-bond acceptors (Lipinski definition) is 3. The molecule has 0 aliphatic carbocycles. The lowest BCUT2D eigenvalue weighted by Crippen LogP contribution is -2.48. The number of aryl methyl sites for hydroxylation is 1. The normalized spacial score (nSPS) is 16.8. The van der Waals surface area contributed by atoms with Crippen molar-refractivity contribution in [1.29, 1.82) is 0 Å². The van der Waals surface area contributed by atoms with Crippen LogP contribution in [0.2, 0.25) is 0 Å². The molecule has 0 saturated carbocycles. The Morgan fingerprint density at radius 3 is 2.08 bits per heavy atom. The average molecular weight is 359 g/mol. The fourth-order valence-corrected chi connectivity index (χ4v) is 4.66. The number of nitrogens with zero attached hydrogens (tertiary/aromatic N) is 2. The molecular weight excluding hydrogens is 332 g/mol. The average Bonchev–Trinajstić information content (AvgIpc) is 2.64. The molecule has 0 aromatic heterocycles. The molecule has 1 fully saturated rings. The number of rotatable bonds is 6. The summed E-state index contributed by atoms with van der Waals surface area (Å²) in [5.74, 6) is 0. The van der Waals surface area contributed by atoms with Gasteiger partial charge in [0.25, 0.3) is 0 Å². The molecule has 3 rings (SSSR count). The summed E-state index contributed by atoms with van der Waals surface area (Å²) in [6.45, 7) is 5.63. The molecule has 134 valence electrons. The fourth-order valence-electron chi connectivity index (χ4n) is 3.24. The van der Waals surface area contributed by atoms with E-state index < -0.39 is 10.0 Å². The van der Waals surface area contributed by atoms with E-state index in [1.807, 2.05) is 30.3 Å². The van der Waals surface area contributed by atoms with Gasteiger partial charge in [0.05, 0.1) is 4.90 Å². The van der Waals surface area contributed by atoms with Crippen LogP contribution in [-0.2, 0) is 23.0 Å². The Hall–Kier alpha value is -1.69. The van der Waals surface area contributed by atoms with Gasteiger partial charge in [-0.2, -0.15) is 4.31 Å². The lowest BCUT2D eigenvalue weighted by Gasteiger charge is -2.34. The molecular formula is C20H26N2O2S. The molecule has 2 aromatic carbocycles. The second-order valence-electron chi connectivity index (χ2n) is 6.56. The smallest absolute Gasteiger partial charge is 0.243 e. The molecule has 0 bridgehead atoms. The Labute approximate surface area is 151 Å². The van der Waals surface area contributed by atoms with Crippen LogP contribution in [0.4, 0.5) is 0 Å². The highest BCUT2D eigenvalue weighted by molar-refractivity contribution is 7.89. The summed E-state index contributed by atoms with van der Waals surface area (Å²) in [7, 11) is -3.38. The van der Waals surface area contributed by atoms with Crippen molar-refractivity contribution >= 4 is 10.0 Å². The summed E-state index contributed by atoms with van der Waals surface area (Å²) in [5.41, 5.74) is 2.46. The van der Waals surface area contributed by atoms with Crippen LogP contribution in [-0.4, -0.2) is 43.8 Å². The Balaban J connectivity index is 1.61. The van der Waals surface area contributed by atoms with Crippen molar-refractivity contribution in [3.8, 4) is 0 Å². The predicted molar refractivity (Wildman–Crippen MR) is 101 cm³/mol. The molecule has 0 amide bonds. The van der Waals surface area contributed by atoms with Crippen molar-refractivity contribution in [2.45, 2.75) is 31.2 Å². The molecule has 1 saturated heterocycles. The van der Waals surface area contributed by atoms with Gasteiger partial charge in [-0.1, -0.05) is 55.8 Å². The van der Waals surface area contributed by atoms with E-state index in [2.05, 4.69) is 24.0 Å². The van der Waals surface area contributed by atoms with E-state index in [4.69, 9.17) is 0 Å². The fraction of sp³-hybridized carbons (Fsp3) is 0.400. The van der Waals surface area contributed by atoms with E-state index in [1.54, 1.807) is 16.4 Å². The van der Waals surface area contributed by atoms with Gasteiger partial charge in [-0.3, -0.25) is 4.90 Å². The number of piperazine rings is 1. The van der Waals surface area contributed by atoms with Crippen LogP contribution in [0, 0.1) is 0 Å². The van der Waals surface area contributed by atoms with E-state index in [9.17, 15) is 8.42 Å². The number of sulfonamides is 1. The molecule has 0 atom stereocenters. The summed E-state index contributed by atoms with van der Waals surface area (Å²) in [4.78, 5) is 2.72. The Morgan fingerprint density at radius 2 is 1.48 bits per heavy atom. The highest BCUT2D eigenvalue weighted by atomic mass is 32.2. The maximum absolute atomic E-state index is 12.8. The van der Waals surface area contributed by atoms with Crippen molar-refractivity contribution in [2.24, 2.45) is 0 Å². The molecule has 4 nitrogen and oxygen atoms in total. The molecule has 1 aliphatic heterocycles. The first-order valence-corrected chi connectivity index (χ1v) is 10.4. The van der Waals surface area contributed by atoms with Gasteiger partial charge in [0.2, 0.25) is 10.0 Å². The third-order valence-corrected chi connectivity index (χ3v) is 6.59. The Kier molecular flexibility index (Phi) is 5.89. The van der Waals surface area contributed by atoms with Crippen LogP contribution >= 0.6 is 0 Å². The number of benzene rings is 2. The van der Waals surface area contributed by atoms with Crippen molar-refractivity contribution < 1.29 is 8.42 Å². The molecule has 0 spiro atoms. The van der Waals surface area contributed by atoms with E-state index in [1.165, 1.54) is 11.1 Å². The van der Waals surface area contributed by atoms with Crippen molar-refractivity contribution in [3.63, 3.8) is 0 Å². The third-order valence-electron chi connectivity index (χ3n) is 4.68. The quantitative estimate of drug-likeness (QED) is 0.796. The van der Waals surface area contributed by atoms with E-state index in [0.29, 0.717) is 18.0 Å². The van der Waals surface area contributed by atoms with Crippen molar-refractivity contribution in [2.75, 3.05) is 26.2 Å². The van der Waals surface area contributed by atoms with Gasteiger partial charge in [-0.05, 0) is 29.7 Å². The highest BCUT2D eigenvalue weighted by Crippen LogP contribution is 2.19. The first kappa shape index (κ1) is 18.1. The lowest BCUT2D eigenvalue weighted by molar-refractivity contribution is 0.181. The molecule has 1 heterocycles. The van der Waals surface area contributed by atoms with Gasteiger partial charge in [0.15, 0.2) is 0 Å². The first-order valence-electron chi connectivity index (χ1n) is 8.95. The molecule has 0 radical (unpaired) electrons. The molecule has 0 unspecified atom stereocenters. The minimum atomic E-state index is -3.38. The van der Waals surface area contributed by atoms with Crippen LogP contribution in [0.5, 0.6) is 0 Å². The largest absolute Gasteiger partial charge is 0.296 e. The summed E-state index contributed by atoms with van der Waals surface area (Å²) in [6, 6.07) is 17.7. The minimum absolute atomic E-state index is 0.406. The van der Waals surface area contributed by atoms with Gasteiger partial charge in [-0.15, -0.1) is 0 Å². The zero-order valence-corrected chi connectivity index (χ0v) is 15.6. The summed E-state index contributed by atoms with van der Waals surface area (Å²) in [6.07, 6.45) is 2.05. The standard InChI is InChI=1S/C20H26N2O2S/c1-2-6-18-9-11-20(12-10-18)25(23,24)22-15-13-21(14-16-22)17-19-7-4-3-5-8-19/h3-5,7-12H,2,6,13-17H2,1H3. The Morgan fingerprint density at radius 1 is 0.840 bits per heavy atom. The number of hydrogen-bond donors (Lipinski definition) is 0. The second-order valence-corrected chi connectivity index (χ2v) is 8.50. The second kappa shape index (κ2) is 8.13. The highest BCUT2D eigenvalue weighted by Gasteiger charge is 2.28. The van der Waals surface area contributed by atoms with Crippen LogP contribution in [0.15, 0.2) is 59.5 Å². The molecule has 5 heteroatoms. The van der Waals surface area contributed by atoms with Gasteiger partial charge in [-0.25, -0.2) is 8.42 Å². The maximum atomic E-state index is 12.8. The van der Waals surface area contributed by atoms with E-state index in [0.717, 1.165) is 32.5 Å². The molecule has 0 N–H and O–H groups in total. The third kappa shape index (κ3) is 4.48. The topological polar surface area (TPSA) is 40.6 Å². The summed E-state index contributed by atoms with van der Waals surface area (Å²) in [5, 5.41) is 0. The van der Waals surface area contributed by atoms with Crippen LogP contribution < -0.4 is 0 Å². The lowest BCUT2D eigenvalue weighted by atomic mass is 10.1. The van der Waals surface area contributed by atoms with Crippen LogP contribution in [0.3, 0.4) is 0 Å². The van der Waals surface area contributed by atoms with Crippen LogP contribution in [0.1, 0.15) is 24.5 Å². The maximum Gasteiger partial charge on any atom is 0.243 e. The van der Waals surface area contributed by atoms with Gasteiger partial charge in [0.1, 0.15) is 0 Å². The van der Waals surface area contributed by atoms with Gasteiger partial charge < -0.3 is 0 Å². The van der Waals surface area contributed by atoms with E-state index >= 15 is 0 Å². The molecule has 2 aromatic rings. The SMILES string of the molecule is CCCc1ccc(S(=O)(=O)N2CCN(Cc3ccccc3)CC2)cc1. The first-order chi connectivity index (χ1) is 12.1. The summed E-state index contributed by atoms with van der Waals surface area (Å²) < 4.78 is 27.3. The molecule has 25 heavy (non-hydrogen) atoms. The monoisotopic (exact) mass is 358 g/mol. The predicted octanol–water partition coefficient (Wildman–Crippen LogP) is 3.15. The zero-order chi connectivity index (χ0) is 17.7. The summed E-state index contributed by atoms with van der Waals surface area (Å²) >= 11 is 0. The van der Waals surface area contributed by atoms with E-state index in [-0.39, 0.29) is 0 Å². The van der Waals surface area contributed by atoms with Crippen LogP contribution in [0.25, 0.3) is 0 Å². The van der Waals surface area contributed by atoms with Gasteiger partial charge >= 0.3 is 0 Å².